The van der Waals surface area contributed by atoms with Crippen LogP contribution in [-0.4, -0.2) is 52.8 Å². The molecular weight excluding hydrogens is 389 g/mol. The fourth-order valence-corrected chi connectivity index (χ4v) is 4.18. The summed E-state index contributed by atoms with van der Waals surface area (Å²) in [5.41, 5.74) is -3.68. The Morgan fingerprint density at radius 2 is 1.64 bits per heavy atom. The van der Waals surface area contributed by atoms with Gasteiger partial charge in [0.15, 0.2) is 0 Å². The molecule has 28 heavy (non-hydrogen) atoms. The van der Waals surface area contributed by atoms with Crippen LogP contribution in [0.3, 0.4) is 0 Å². The fourth-order valence-electron chi connectivity index (χ4n) is 3.64. The smallest absolute Gasteiger partial charge is 0.341 e. The van der Waals surface area contributed by atoms with Gasteiger partial charge in [0.05, 0.1) is 0 Å². The SMILES string of the molecule is O=C(C1CCCCN1C(=O)/C=C/c1ccc(SC(F)(F)F)cc1)N1CCCC1. The zero-order chi connectivity index (χ0) is 20.1. The zero-order valence-electron chi connectivity index (χ0n) is 15.5. The average molecular weight is 412 g/mol. The zero-order valence-corrected chi connectivity index (χ0v) is 16.3. The summed E-state index contributed by atoms with van der Waals surface area (Å²) in [6.07, 6.45) is 7.47. The van der Waals surface area contributed by atoms with Gasteiger partial charge < -0.3 is 9.80 Å². The van der Waals surface area contributed by atoms with Crippen LogP contribution < -0.4 is 0 Å². The lowest BCUT2D eigenvalue weighted by Gasteiger charge is -2.36. The second kappa shape index (κ2) is 9.03. The summed E-state index contributed by atoms with van der Waals surface area (Å²) in [5, 5.41) is 0. The minimum absolute atomic E-state index is 0.0347. The molecule has 2 amide bonds. The lowest BCUT2D eigenvalue weighted by molar-refractivity contribution is -0.144. The molecule has 8 heteroatoms. The molecule has 2 aliphatic heterocycles. The molecule has 2 fully saturated rings. The Labute approximate surface area is 166 Å². The fraction of sp³-hybridized carbons (Fsp3) is 0.500. The van der Waals surface area contributed by atoms with E-state index in [-0.39, 0.29) is 28.5 Å². The summed E-state index contributed by atoms with van der Waals surface area (Å²) >= 11 is -0.169. The van der Waals surface area contributed by atoms with Gasteiger partial charge in [-0.2, -0.15) is 13.2 Å². The molecule has 1 unspecified atom stereocenters. The average Bonchev–Trinajstić information content (AvgIpc) is 3.20. The van der Waals surface area contributed by atoms with Crippen molar-refractivity contribution in [1.29, 1.82) is 0 Å². The van der Waals surface area contributed by atoms with Crippen LogP contribution in [-0.2, 0) is 9.59 Å². The molecule has 0 aromatic heterocycles. The first-order chi connectivity index (χ1) is 13.3. The second-order valence-corrected chi connectivity index (χ2v) is 8.16. The number of alkyl halides is 3. The van der Waals surface area contributed by atoms with E-state index in [2.05, 4.69) is 0 Å². The Balaban J connectivity index is 1.64. The number of hydrogen-bond donors (Lipinski definition) is 0. The lowest BCUT2D eigenvalue weighted by atomic mass is 10.0. The monoisotopic (exact) mass is 412 g/mol. The van der Waals surface area contributed by atoms with Gasteiger partial charge in [0, 0.05) is 30.6 Å². The maximum Gasteiger partial charge on any atom is 0.446 e. The van der Waals surface area contributed by atoms with E-state index in [1.54, 1.807) is 23.1 Å². The molecule has 0 bridgehead atoms. The van der Waals surface area contributed by atoms with Crippen LogP contribution in [0.5, 0.6) is 0 Å². The van der Waals surface area contributed by atoms with Crippen LogP contribution in [0.2, 0.25) is 0 Å². The van der Waals surface area contributed by atoms with Crippen molar-refractivity contribution < 1.29 is 22.8 Å². The largest absolute Gasteiger partial charge is 0.446 e. The molecule has 2 saturated heterocycles. The molecule has 1 aromatic rings. The van der Waals surface area contributed by atoms with Crippen LogP contribution in [0.15, 0.2) is 35.2 Å². The van der Waals surface area contributed by atoms with E-state index >= 15 is 0 Å². The van der Waals surface area contributed by atoms with Crippen molar-refractivity contribution in [2.24, 2.45) is 0 Å². The maximum absolute atomic E-state index is 12.8. The molecule has 3 rings (SSSR count). The van der Waals surface area contributed by atoms with Gasteiger partial charge in [0.1, 0.15) is 6.04 Å². The number of nitrogens with zero attached hydrogens (tertiary/aromatic N) is 2. The van der Waals surface area contributed by atoms with Gasteiger partial charge in [-0.15, -0.1) is 0 Å². The Morgan fingerprint density at radius 1 is 1.00 bits per heavy atom. The van der Waals surface area contributed by atoms with Crippen molar-refractivity contribution in [2.45, 2.75) is 48.5 Å². The molecule has 152 valence electrons. The molecule has 0 aliphatic carbocycles. The normalized spacial score (nSPS) is 20.8. The first-order valence-corrected chi connectivity index (χ1v) is 10.3. The molecule has 2 aliphatic rings. The minimum atomic E-state index is -4.32. The third kappa shape index (κ3) is 5.53. The number of rotatable bonds is 4. The van der Waals surface area contributed by atoms with Crippen molar-refractivity contribution in [1.82, 2.24) is 9.80 Å². The number of benzene rings is 1. The Hall–Kier alpha value is -1.96. The van der Waals surface area contributed by atoms with E-state index < -0.39 is 11.6 Å². The van der Waals surface area contributed by atoms with E-state index in [0.717, 1.165) is 38.8 Å². The Bertz CT molecular complexity index is 728. The highest BCUT2D eigenvalue weighted by Gasteiger charge is 2.34. The predicted octanol–water partition coefficient (Wildman–Crippen LogP) is 4.32. The number of carbonyl (C=O) groups excluding carboxylic acids is 2. The van der Waals surface area contributed by atoms with Crippen molar-refractivity contribution >= 4 is 29.7 Å². The molecule has 0 N–H and O–H groups in total. The van der Waals surface area contributed by atoms with Crippen molar-refractivity contribution in [3.05, 3.63) is 35.9 Å². The Morgan fingerprint density at radius 3 is 2.29 bits per heavy atom. The van der Waals surface area contributed by atoms with Gasteiger partial charge >= 0.3 is 5.51 Å². The minimum Gasteiger partial charge on any atom is -0.341 e. The number of thioether (sulfide) groups is 1. The van der Waals surface area contributed by atoms with Crippen LogP contribution in [0.4, 0.5) is 13.2 Å². The van der Waals surface area contributed by atoms with Gasteiger partial charge in [-0.05, 0) is 67.6 Å². The summed E-state index contributed by atoms with van der Waals surface area (Å²) in [5.74, 6) is -0.196. The number of halogens is 3. The predicted molar refractivity (Wildman–Crippen MR) is 103 cm³/mol. The van der Waals surface area contributed by atoms with Crippen molar-refractivity contribution in [3.63, 3.8) is 0 Å². The molecule has 0 saturated carbocycles. The van der Waals surface area contributed by atoms with Crippen LogP contribution in [0.25, 0.3) is 6.08 Å². The molecule has 1 aromatic carbocycles. The quantitative estimate of drug-likeness (QED) is 0.546. The summed E-state index contributed by atoms with van der Waals surface area (Å²) in [4.78, 5) is 29.0. The van der Waals surface area contributed by atoms with E-state index in [1.807, 2.05) is 4.90 Å². The first-order valence-electron chi connectivity index (χ1n) is 9.47. The number of likely N-dealkylation sites (tertiary alicyclic amines) is 2. The summed E-state index contributed by atoms with van der Waals surface area (Å²) < 4.78 is 37.2. The molecule has 0 radical (unpaired) electrons. The third-order valence-electron chi connectivity index (χ3n) is 5.02. The first kappa shape index (κ1) is 20.8. The third-order valence-corrected chi connectivity index (χ3v) is 5.76. The Kier molecular flexibility index (Phi) is 6.69. The highest BCUT2D eigenvalue weighted by atomic mass is 32.2. The van der Waals surface area contributed by atoms with Gasteiger partial charge in [-0.25, -0.2) is 0 Å². The van der Waals surface area contributed by atoms with Gasteiger partial charge in [0.25, 0.3) is 0 Å². The van der Waals surface area contributed by atoms with Gasteiger partial charge in [0.2, 0.25) is 11.8 Å². The van der Waals surface area contributed by atoms with Crippen LogP contribution in [0.1, 0.15) is 37.7 Å². The van der Waals surface area contributed by atoms with Crippen LogP contribution in [0, 0.1) is 0 Å². The standard InChI is InChI=1S/C20H23F3N2O2S/c21-20(22,23)28-16-9-6-15(7-10-16)8-11-18(26)25-14-2-1-5-17(25)19(27)24-12-3-4-13-24/h6-11,17H,1-5,12-14H2/b11-8+. The number of carbonyl (C=O) groups is 2. The van der Waals surface area contributed by atoms with Crippen molar-refractivity contribution in [3.8, 4) is 0 Å². The summed E-state index contributed by atoms with van der Waals surface area (Å²) in [6.45, 7) is 2.07. The second-order valence-electron chi connectivity index (χ2n) is 7.03. The number of piperidine rings is 1. The van der Waals surface area contributed by atoms with Crippen LogP contribution >= 0.6 is 11.8 Å². The summed E-state index contributed by atoms with van der Waals surface area (Å²) in [6, 6.07) is 5.43. The van der Waals surface area contributed by atoms with E-state index in [0.29, 0.717) is 18.5 Å². The number of amides is 2. The molecule has 0 spiro atoms. The van der Waals surface area contributed by atoms with E-state index in [9.17, 15) is 22.8 Å². The summed E-state index contributed by atoms with van der Waals surface area (Å²) in [7, 11) is 0. The van der Waals surface area contributed by atoms with E-state index in [4.69, 9.17) is 0 Å². The number of hydrogen-bond acceptors (Lipinski definition) is 3. The van der Waals surface area contributed by atoms with E-state index in [1.165, 1.54) is 18.2 Å². The molecule has 2 heterocycles. The molecule has 1 atom stereocenters. The topological polar surface area (TPSA) is 40.6 Å². The van der Waals surface area contributed by atoms with Crippen molar-refractivity contribution in [2.75, 3.05) is 19.6 Å². The lowest BCUT2D eigenvalue weighted by Crippen LogP contribution is -2.52. The molecular formula is C20H23F3N2O2S. The van der Waals surface area contributed by atoms with Gasteiger partial charge in [-0.3, -0.25) is 9.59 Å². The highest BCUT2D eigenvalue weighted by Crippen LogP contribution is 2.36. The van der Waals surface area contributed by atoms with Gasteiger partial charge in [-0.1, -0.05) is 12.1 Å². The molecule has 4 nitrogen and oxygen atoms in total. The maximum atomic E-state index is 12.8. The highest BCUT2D eigenvalue weighted by molar-refractivity contribution is 8.00.